The van der Waals surface area contributed by atoms with Gasteiger partial charge in [-0.05, 0) is 28.8 Å². The van der Waals surface area contributed by atoms with Gasteiger partial charge in [0.1, 0.15) is 19.0 Å². The van der Waals surface area contributed by atoms with E-state index in [0.717, 1.165) is 0 Å². The summed E-state index contributed by atoms with van der Waals surface area (Å²) in [4.78, 5) is 0. The number of phenols is 1. The summed E-state index contributed by atoms with van der Waals surface area (Å²) in [6, 6.07) is 1.67. The number of aromatic hydroxyl groups is 1. The molecule has 1 saturated carbocycles. The Morgan fingerprint density at radius 3 is 2.62 bits per heavy atom. The maximum atomic E-state index is 10.1. The van der Waals surface area contributed by atoms with E-state index in [2.05, 4.69) is 15.9 Å². The van der Waals surface area contributed by atoms with Crippen molar-refractivity contribution in [2.75, 3.05) is 13.2 Å². The predicted octanol–water partition coefficient (Wildman–Crippen LogP) is 1.91. The molecular formula is C11H11BrO4. The Labute approximate surface area is 101 Å². The van der Waals surface area contributed by atoms with Crippen molar-refractivity contribution in [2.45, 2.75) is 18.4 Å². The molecule has 3 rings (SSSR count). The molecule has 0 bridgehead atoms. The molecule has 0 unspecified atom stereocenters. The minimum Gasteiger partial charge on any atom is -0.506 e. The number of ether oxygens (including phenoxy) is 2. The standard InChI is InChI=1S/C11H11BrO4/c12-6-5-7-10(16-4-3-15-7)8(9(6)13)11(14)1-2-11/h5,13-14H,1-4H2. The maximum absolute atomic E-state index is 10.1. The second-order valence-corrected chi connectivity index (χ2v) is 4.99. The van der Waals surface area contributed by atoms with Gasteiger partial charge in [-0.2, -0.15) is 0 Å². The van der Waals surface area contributed by atoms with E-state index in [0.29, 0.717) is 47.6 Å². The summed E-state index contributed by atoms with van der Waals surface area (Å²) in [5.74, 6) is 1.10. The molecule has 0 amide bonds. The van der Waals surface area contributed by atoms with Crippen molar-refractivity contribution in [3.05, 3.63) is 16.1 Å². The Bertz CT molecular complexity index is 454. The predicted molar refractivity (Wildman–Crippen MR) is 59.9 cm³/mol. The highest BCUT2D eigenvalue weighted by Gasteiger charge is 2.48. The topological polar surface area (TPSA) is 58.9 Å². The van der Waals surface area contributed by atoms with Gasteiger partial charge in [0.25, 0.3) is 0 Å². The molecule has 86 valence electrons. The van der Waals surface area contributed by atoms with Gasteiger partial charge in [-0.25, -0.2) is 0 Å². The largest absolute Gasteiger partial charge is 0.506 e. The van der Waals surface area contributed by atoms with Crippen LogP contribution in [0, 0.1) is 0 Å². The molecule has 1 heterocycles. The fourth-order valence-corrected chi connectivity index (χ4v) is 2.35. The zero-order valence-electron chi connectivity index (χ0n) is 8.49. The summed E-state index contributed by atoms with van der Waals surface area (Å²) < 4.78 is 11.5. The van der Waals surface area contributed by atoms with Crippen molar-refractivity contribution in [1.82, 2.24) is 0 Å². The highest BCUT2D eigenvalue weighted by Crippen LogP contribution is 2.56. The lowest BCUT2D eigenvalue weighted by Gasteiger charge is -2.24. The van der Waals surface area contributed by atoms with E-state index in [-0.39, 0.29) is 5.75 Å². The number of aliphatic hydroxyl groups is 1. The molecule has 16 heavy (non-hydrogen) atoms. The molecule has 0 atom stereocenters. The molecule has 2 aliphatic rings. The zero-order valence-corrected chi connectivity index (χ0v) is 10.1. The lowest BCUT2D eigenvalue weighted by molar-refractivity contribution is 0.126. The minimum absolute atomic E-state index is 0.0456. The zero-order chi connectivity index (χ0) is 11.3. The molecule has 1 fully saturated rings. The van der Waals surface area contributed by atoms with Crippen LogP contribution in [-0.4, -0.2) is 23.4 Å². The van der Waals surface area contributed by atoms with Crippen LogP contribution in [0.4, 0.5) is 0 Å². The average Bonchev–Trinajstić information content (AvgIpc) is 2.99. The van der Waals surface area contributed by atoms with Gasteiger partial charge >= 0.3 is 0 Å². The summed E-state index contributed by atoms with van der Waals surface area (Å²) >= 11 is 3.25. The van der Waals surface area contributed by atoms with E-state index >= 15 is 0 Å². The van der Waals surface area contributed by atoms with Crippen LogP contribution in [0.5, 0.6) is 17.2 Å². The molecule has 1 aliphatic heterocycles. The van der Waals surface area contributed by atoms with Crippen molar-refractivity contribution >= 4 is 15.9 Å². The molecular weight excluding hydrogens is 276 g/mol. The first-order chi connectivity index (χ1) is 7.62. The van der Waals surface area contributed by atoms with Crippen LogP contribution < -0.4 is 9.47 Å². The van der Waals surface area contributed by atoms with E-state index in [4.69, 9.17) is 9.47 Å². The first kappa shape index (κ1) is 10.2. The maximum Gasteiger partial charge on any atom is 0.171 e. The Morgan fingerprint density at radius 2 is 1.94 bits per heavy atom. The summed E-state index contributed by atoms with van der Waals surface area (Å²) in [6.07, 6.45) is 1.29. The molecule has 0 spiro atoms. The smallest absolute Gasteiger partial charge is 0.171 e. The van der Waals surface area contributed by atoms with E-state index < -0.39 is 5.60 Å². The molecule has 1 aliphatic carbocycles. The quantitative estimate of drug-likeness (QED) is 0.828. The van der Waals surface area contributed by atoms with Crippen molar-refractivity contribution in [1.29, 1.82) is 0 Å². The van der Waals surface area contributed by atoms with Crippen LogP contribution in [0.1, 0.15) is 18.4 Å². The van der Waals surface area contributed by atoms with Crippen LogP contribution in [0.3, 0.4) is 0 Å². The van der Waals surface area contributed by atoms with E-state index in [1.807, 2.05) is 0 Å². The van der Waals surface area contributed by atoms with Crippen LogP contribution in [0.25, 0.3) is 0 Å². The van der Waals surface area contributed by atoms with Crippen LogP contribution >= 0.6 is 15.9 Å². The second kappa shape index (κ2) is 3.28. The van der Waals surface area contributed by atoms with Crippen molar-refractivity contribution < 1.29 is 19.7 Å². The fraction of sp³-hybridized carbons (Fsp3) is 0.455. The number of phenolic OH excluding ortho intramolecular Hbond substituents is 1. The van der Waals surface area contributed by atoms with E-state index in [1.165, 1.54) is 0 Å². The fourth-order valence-electron chi connectivity index (χ4n) is 1.95. The van der Waals surface area contributed by atoms with Crippen molar-refractivity contribution in [3.63, 3.8) is 0 Å². The minimum atomic E-state index is -0.946. The normalized spacial score (nSPS) is 20.6. The lowest BCUT2D eigenvalue weighted by atomic mass is 10.0. The molecule has 4 nitrogen and oxygen atoms in total. The second-order valence-electron chi connectivity index (χ2n) is 4.14. The molecule has 1 aromatic carbocycles. The number of hydrogen-bond acceptors (Lipinski definition) is 4. The first-order valence-corrected chi connectivity index (χ1v) is 5.95. The van der Waals surface area contributed by atoms with Gasteiger partial charge in [-0.15, -0.1) is 0 Å². The average molecular weight is 287 g/mol. The monoisotopic (exact) mass is 286 g/mol. The SMILES string of the molecule is Oc1c(Br)cc2c(c1C1(O)CC1)OCCO2. The molecule has 0 saturated heterocycles. The molecule has 1 aromatic rings. The van der Waals surface area contributed by atoms with Crippen LogP contribution in [0.15, 0.2) is 10.5 Å². The number of rotatable bonds is 1. The number of fused-ring (bicyclic) bond motifs is 1. The lowest BCUT2D eigenvalue weighted by Crippen LogP contribution is -2.19. The molecule has 5 heteroatoms. The molecule has 0 radical (unpaired) electrons. The van der Waals surface area contributed by atoms with Gasteiger partial charge in [-0.3, -0.25) is 0 Å². The van der Waals surface area contributed by atoms with Crippen LogP contribution in [0.2, 0.25) is 0 Å². The Morgan fingerprint density at radius 1 is 1.25 bits per heavy atom. The highest BCUT2D eigenvalue weighted by atomic mass is 79.9. The third-order valence-electron chi connectivity index (χ3n) is 2.95. The number of hydrogen-bond donors (Lipinski definition) is 2. The number of halogens is 1. The summed E-state index contributed by atoms with van der Waals surface area (Å²) in [5, 5.41) is 20.1. The van der Waals surface area contributed by atoms with E-state index in [9.17, 15) is 10.2 Å². The van der Waals surface area contributed by atoms with Crippen molar-refractivity contribution in [2.24, 2.45) is 0 Å². The molecule has 0 aromatic heterocycles. The van der Waals surface area contributed by atoms with Gasteiger partial charge in [0.05, 0.1) is 15.6 Å². The summed E-state index contributed by atoms with van der Waals surface area (Å²) in [7, 11) is 0. The first-order valence-electron chi connectivity index (χ1n) is 5.16. The van der Waals surface area contributed by atoms with Gasteiger partial charge in [0.15, 0.2) is 11.5 Å². The van der Waals surface area contributed by atoms with Gasteiger partial charge in [0, 0.05) is 6.07 Å². The van der Waals surface area contributed by atoms with E-state index in [1.54, 1.807) is 6.07 Å². The summed E-state index contributed by atoms with van der Waals surface area (Å²) in [5.41, 5.74) is -0.491. The van der Waals surface area contributed by atoms with Gasteiger partial charge < -0.3 is 19.7 Å². The van der Waals surface area contributed by atoms with Crippen molar-refractivity contribution in [3.8, 4) is 17.2 Å². The third-order valence-corrected chi connectivity index (χ3v) is 3.55. The Hall–Kier alpha value is -0.940. The Balaban J connectivity index is 2.23. The van der Waals surface area contributed by atoms with Gasteiger partial charge in [0.2, 0.25) is 0 Å². The third kappa shape index (κ3) is 1.38. The molecule has 2 N–H and O–H groups in total. The summed E-state index contributed by atoms with van der Waals surface area (Å²) in [6.45, 7) is 0.930. The highest BCUT2D eigenvalue weighted by molar-refractivity contribution is 9.10. The Kier molecular flexibility index (Phi) is 2.09. The van der Waals surface area contributed by atoms with Gasteiger partial charge in [-0.1, -0.05) is 0 Å². The number of benzene rings is 1. The van der Waals surface area contributed by atoms with Crippen LogP contribution in [-0.2, 0) is 5.60 Å².